The fraction of sp³-hybridized carbons (Fsp3) is 0.0690. The Bertz CT molecular complexity index is 3440. The first-order valence-electron chi connectivity index (χ1n) is 21.0. The number of fused-ring (bicyclic) bond motifs is 6. The van der Waals surface area contributed by atoms with Crippen molar-refractivity contribution in [1.82, 2.24) is 0 Å². The second kappa shape index (κ2) is 15.1. The van der Waals surface area contributed by atoms with E-state index in [1.165, 1.54) is 50.1 Å². The summed E-state index contributed by atoms with van der Waals surface area (Å²) in [7, 11) is 0. The van der Waals surface area contributed by atoms with Gasteiger partial charge in [-0.1, -0.05) is 152 Å². The average Bonchev–Trinajstić information content (AvgIpc) is 3.87. The van der Waals surface area contributed by atoms with Crippen molar-refractivity contribution in [2.75, 3.05) is 0 Å². The van der Waals surface area contributed by atoms with Gasteiger partial charge >= 0.3 is 0 Å². The molecule has 2 aromatic heterocycles. The maximum Gasteiger partial charge on any atom is 0.136 e. The van der Waals surface area contributed by atoms with Crippen molar-refractivity contribution in [2.45, 2.75) is 26.2 Å². The summed E-state index contributed by atoms with van der Waals surface area (Å²) in [4.78, 5) is 5.37. The third-order valence-corrected chi connectivity index (χ3v) is 12.3. The van der Waals surface area contributed by atoms with Gasteiger partial charge in [0, 0.05) is 38.6 Å². The van der Waals surface area contributed by atoms with E-state index < -0.39 is 0 Å². The van der Waals surface area contributed by atoms with Crippen LogP contribution in [0.4, 0.5) is 0 Å². The summed E-state index contributed by atoms with van der Waals surface area (Å²) in [5.74, 6) is 0.0965. The molecule has 11 rings (SSSR count). The van der Waals surface area contributed by atoms with Gasteiger partial charge < -0.3 is 8.83 Å². The van der Waals surface area contributed by atoms with Gasteiger partial charge in [-0.05, 0) is 118 Å². The zero-order valence-electron chi connectivity index (χ0n) is 34.0. The molecule has 0 saturated heterocycles. The maximum atomic E-state index is 6.56. The molecule has 10 aromatic rings. The first-order valence-corrected chi connectivity index (χ1v) is 21.0. The second-order valence-electron chi connectivity index (χ2n) is 16.0. The number of para-hydroxylation sites is 1. The maximum absolute atomic E-state index is 6.56. The Hall–Kier alpha value is -7.71. The molecule has 3 heteroatoms. The van der Waals surface area contributed by atoms with Crippen LogP contribution in [0.25, 0.3) is 77.4 Å². The molecule has 3 nitrogen and oxygen atoms in total. The Kier molecular flexibility index (Phi) is 9.03. The molecule has 0 unspecified atom stereocenters. The number of furan rings is 2. The van der Waals surface area contributed by atoms with E-state index >= 15 is 0 Å². The lowest BCUT2D eigenvalue weighted by molar-refractivity contribution is 0.668. The molecule has 0 spiro atoms. The normalized spacial score (nSPS) is 14.4. The van der Waals surface area contributed by atoms with Crippen LogP contribution in [0.15, 0.2) is 214 Å². The van der Waals surface area contributed by atoms with Gasteiger partial charge in [0.2, 0.25) is 0 Å². The molecule has 0 saturated carbocycles. The molecular formula is C58H41NO2. The molecule has 290 valence electrons. The van der Waals surface area contributed by atoms with E-state index in [0.717, 1.165) is 72.8 Å². The highest BCUT2D eigenvalue weighted by Gasteiger charge is 2.20. The Morgan fingerprint density at radius 1 is 0.508 bits per heavy atom. The van der Waals surface area contributed by atoms with Gasteiger partial charge in [0.25, 0.3) is 0 Å². The molecule has 3 heterocycles. The largest absolute Gasteiger partial charge is 0.456 e. The molecule has 1 aliphatic heterocycles. The third-order valence-electron chi connectivity index (χ3n) is 12.3. The molecule has 0 amide bonds. The molecule has 0 radical (unpaired) electrons. The second-order valence-corrected chi connectivity index (χ2v) is 16.0. The minimum atomic E-state index is 0.0965. The number of rotatable bonds is 7. The van der Waals surface area contributed by atoms with Gasteiger partial charge in [0.1, 0.15) is 28.0 Å². The quantitative estimate of drug-likeness (QED) is 0.151. The van der Waals surface area contributed by atoms with Gasteiger partial charge in [0.15, 0.2) is 0 Å². The van der Waals surface area contributed by atoms with E-state index in [0.29, 0.717) is 0 Å². The van der Waals surface area contributed by atoms with Crippen molar-refractivity contribution in [3.8, 4) is 22.3 Å². The first kappa shape index (κ1) is 36.4. The number of aliphatic imine (C=N–C) groups is 1. The lowest BCUT2D eigenvalue weighted by Crippen LogP contribution is -2.01. The van der Waals surface area contributed by atoms with E-state index in [1.54, 1.807) is 0 Å². The predicted molar refractivity (Wildman–Crippen MR) is 254 cm³/mol. The van der Waals surface area contributed by atoms with Crippen molar-refractivity contribution >= 4 is 60.9 Å². The minimum absolute atomic E-state index is 0.0965. The Morgan fingerprint density at radius 3 is 2.03 bits per heavy atom. The third kappa shape index (κ3) is 6.62. The molecule has 8 aromatic carbocycles. The van der Waals surface area contributed by atoms with Gasteiger partial charge in [-0.3, -0.25) is 0 Å². The highest BCUT2D eigenvalue weighted by Crippen LogP contribution is 2.41. The van der Waals surface area contributed by atoms with Crippen molar-refractivity contribution in [1.29, 1.82) is 0 Å². The Labute approximate surface area is 355 Å². The molecule has 0 fully saturated rings. The van der Waals surface area contributed by atoms with E-state index in [1.807, 2.05) is 18.2 Å². The minimum Gasteiger partial charge on any atom is -0.456 e. The summed E-state index contributed by atoms with van der Waals surface area (Å²) < 4.78 is 12.7. The number of hydrogen-bond acceptors (Lipinski definition) is 3. The summed E-state index contributed by atoms with van der Waals surface area (Å²) in [6.45, 7) is 4.52. The monoisotopic (exact) mass is 783 g/mol. The standard InChI is InChI=1S/C58H41NO2/c1-37-27-28-43(44-30-32-55-50(35-44)47-22-11-12-25-54(47)60-55)34-49(37)46-21-10-9-20-45(46)38(2)41-29-31-56-51(33-41)58-48(23-14-26-57(58)61-56)52-24-13-19-42(39-15-5-3-6-16-39)36-53(59-52)40-17-7-4-8-18-40/h3-18,20-23,25-36,38H,19H2,1-2H3/b42-36+,59-53?/t24?,38-/m1/s1. The fourth-order valence-electron chi connectivity index (χ4n) is 9.02. The molecule has 61 heavy (non-hydrogen) atoms. The number of hydrogen-bond donors (Lipinski definition) is 0. The van der Waals surface area contributed by atoms with Crippen LogP contribution in [0.5, 0.6) is 0 Å². The predicted octanol–water partition coefficient (Wildman–Crippen LogP) is 15.8. The van der Waals surface area contributed by atoms with Crippen LogP contribution < -0.4 is 0 Å². The van der Waals surface area contributed by atoms with E-state index in [4.69, 9.17) is 13.8 Å². The molecule has 1 aliphatic rings. The summed E-state index contributed by atoms with van der Waals surface area (Å²) >= 11 is 0. The van der Waals surface area contributed by atoms with Crippen LogP contribution in [0.1, 0.15) is 52.6 Å². The zero-order chi connectivity index (χ0) is 40.9. The van der Waals surface area contributed by atoms with Crippen LogP contribution in [0.3, 0.4) is 0 Å². The Morgan fingerprint density at radius 2 is 1.16 bits per heavy atom. The zero-order valence-corrected chi connectivity index (χ0v) is 34.0. The Balaban J connectivity index is 0.993. The average molecular weight is 784 g/mol. The van der Waals surface area contributed by atoms with Gasteiger partial charge in [-0.15, -0.1) is 0 Å². The van der Waals surface area contributed by atoms with Crippen LogP contribution in [-0.2, 0) is 0 Å². The number of nitrogens with zero attached hydrogens (tertiary/aromatic N) is 1. The van der Waals surface area contributed by atoms with Crippen LogP contribution in [-0.4, -0.2) is 5.71 Å². The van der Waals surface area contributed by atoms with Gasteiger partial charge in [-0.2, -0.15) is 0 Å². The van der Waals surface area contributed by atoms with Crippen LogP contribution in [0.2, 0.25) is 0 Å². The highest BCUT2D eigenvalue weighted by atomic mass is 16.3. The lowest BCUT2D eigenvalue weighted by atomic mass is 9.84. The molecule has 1 atom stereocenters. The smallest absolute Gasteiger partial charge is 0.136 e. The fourth-order valence-corrected chi connectivity index (χ4v) is 9.02. The SMILES string of the molecule is Cc1ccc(-c2ccc3oc4ccccc4c3c2)cc1-c1ccccc1[C@H](C)c1ccc2oc3cccc(C4=C=CC/C(c5ccccc5)=C\C(c5ccccc5)=N4)c3c2c1. The van der Waals surface area contributed by atoms with E-state index in [9.17, 15) is 0 Å². The molecule has 0 aliphatic carbocycles. The van der Waals surface area contributed by atoms with Crippen molar-refractivity contribution in [3.63, 3.8) is 0 Å². The summed E-state index contributed by atoms with van der Waals surface area (Å²) in [5.41, 5.74) is 21.8. The van der Waals surface area contributed by atoms with Crippen LogP contribution >= 0.6 is 0 Å². The number of aryl methyl sites for hydroxylation is 1. The topological polar surface area (TPSA) is 38.6 Å². The van der Waals surface area contributed by atoms with E-state index in [2.05, 4.69) is 196 Å². The number of allylic oxidation sites excluding steroid dienone is 3. The van der Waals surface area contributed by atoms with Gasteiger partial charge in [0.05, 0.1) is 5.71 Å². The first-order chi connectivity index (χ1) is 30.1. The van der Waals surface area contributed by atoms with Crippen molar-refractivity contribution < 1.29 is 8.83 Å². The molecule has 0 N–H and O–H groups in total. The molecular weight excluding hydrogens is 743 g/mol. The van der Waals surface area contributed by atoms with Crippen molar-refractivity contribution in [2.24, 2.45) is 4.99 Å². The highest BCUT2D eigenvalue weighted by molar-refractivity contribution is 6.16. The van der Waals surface area contributed by atoms with Crippen molar-refractivity contribution in [3.05, 3.63) is 233 Å². The lowest BCUT2D eigenvalue weighted by Gasteiger charge is -2.19. The molecule has 0 bridgehead atoms. The van der Waals surface area contributed by atoms with Gasteiger partial charge in [-0.25, -0.2) is 4.99 Å². The summed E-state index contributed by atoms with van der Waals surface area (Å²) in [5, 5.41) is 4.39. The number of benzene rings is 8. The van der Waals surface area contributed by atoms with E-state index in [-0.39, 0.29) is 5.92 Å². The van der Waals surface area contributed by atoms with Crippen LogP contribution in [0, 0.1) is 6.92 Å². The summed E-state index contributed by atoms with van der Waals surface area (Å²) in [6.07, 6.45) is 5.07. The summed E-state index contributed by atoms with van der Waals surface area (Å²) in [6, 6.07) is 64.4.